The van der Waals surface area contributed by atoms with Crippen LogP contribution in [0.5, 0.6) is 0 Å². The standard InChI is InChI=1S/C25H28FN3O3/c26-20-8-6-19(7-9-20)24(31)28-23(25(32)27-21-10-11-21)18-12-14-29(15-13-18)22(30)16-17-4-2-1-3-5-17/h1-9,18,21,23H,10-16H2,(H,27,32)(H,28,31). The quantitative estimate of drug-likeness (QED) is 0.699. The second-order valence-electron chi connectivity index (χ2n) is 8.62. The number of carbonyl (C=O) groups is 3. The topological polar surface area (TPSA) is 78.5 Å². The van der Waals surface area contributed by atoms with E-state index in [1.165, 1.54) is 24.3 Å². The van der Waals surface area contributed by atoms with E-state index in [2.05, 4.69) is 10.6 Å². The summed E-state index contributed by atoms with van der Waals surface area (Å²) in [6, 6.07) is 14.4. The van der Waals surface area contributed by atoms with Crippen molar-refractivity contribution in [1.82, 2.24) is 15.5 Å². The van der Waals surface area contributed by atoms with E-state index in [4.69, 9.17) is 0 Å². The van der Waals surface area contributed by atoms with Crippen LogP contribution in [0.15, 0.2) is 54.6 Å². The van der Waals surface area contributed by atoms with Crippen LogP contribution >= 0.6 is 0 Å². The number of hydrogen-bond donors (Lipinski definition) is 2. The number of carbonyl (C=O) groups excluding carboxylic acids is 3. The summed E-state index contributed by atoms with van der Waals surface area (Å²) in [5.74, 6) is -0.999. The van der Waals surface area contributed by atoms with Crippen LogP contribution in [0.25, 0.3) is 0 Å². The van der Waals surface area contributed by atoms with E-state index >= 15 is 0 Å². The normalized spacial score (nSPS) is 17.5. The summed E-state index contributed by atoms with van der Waals surface area (Å²) >= 11 is 0. The Kier molecular flexibility index (Phi) is 6.83. The number of amides is 3. The fourth-order valence-electron chi connectivity index (χ4n) is 4.11. The molecule has 2 aliphatic rings. The molecule has 1 saturated carbocycles. The van der Waals surface area contributed by atoms with E-state index in [1.54, 1.807) is 0 Å². The lowest BCUT2D eigenvalue weighted by Gasteiger charge is -2.36. The Morgan fingerprint density at radius 1 is 0.938 bits per heavy atom. The molecule has 4 rings (SSSR count). The second kappa shape index (κ2) is 9.94. The summed E-state index contributed by atoms with van der Waals surface area (Å²) in [6.07, 6.45) is 3.53. The molecule has 1 atom stereocenters. The summed E-state index contributed by atoms with van der Waals surface area (Å²) in [7, 11) is 0. The smallest absolute Gasteiger partial charge is 0.251 e. The maximum Gasteiger partial charge on any atom is 0.251 e. The van der Waals surface area contributed by atoms with E-state index in [-0.39, 0.29) is 23.8 Å². The largest absolute Gasteiger partial charge is 0.352 e. The van der Waals surface area contributed by atoms with Crippen molar-refractivity contribution in [3.63, 3.8) is 0 Å². The number of piperidine rings is 1. The average molecular weight is 438 g/mol. The molecular formula is C25H28FN3O3. The highest BCUT2D eigenvalue weighted by Crippen LogP contribution is 2.24. The minimum Gasteiger partial charge on any atom is -0.352 e. The zero-order chi connectivity index (χ0) is 22.5. The summed E-state index contributed by atoms with van der Waals surface area (Å²) in [6.45, 7) is 1.10. The molecule has 32 heavy (non-hydrogen) atoms. The number of nitrogens with one attached hydrogen (secondary N) is 2. The summed E-state index contributed by atoms with van der Waals surface area (Å²) in [5.41, 5.74) is 1.29. The second-order valence-corrected chi connectivity index (χ2v) is 8.62. The molecule has 0 bridgehead atoms. The third kappa shape index (κ3) is 5.72. The van der Waals surface area contributed by atoms with Gasteiger partial charge in [0.1, 0.15) is 11.9 Å². The molecule has 2 aromatic carbocycles. The van der Waals surface area contributed by atoms with Gasteiger partial charge in [-0.1, -0.05) is 30.3 Å². The van der Waals surface area contributed by atoms with Crippen molar-refractivity contribution in [3.8, 4) is 0 Å². The van der Waals surface area contributed by atoms with Gasteiger partial charge in [0.25, 0.3) is 5.91 Å². The Morgan fingerprint density at radius 2 is 1.59 bits per heavy atom. The Labute approximate surface area is 187 Å². The molecule has 1 unspecified atom stereocenters. The number of halogens is 1. The first kappa shape index (κ1) is 22.0. The molecule has 6 nitrogen and oxygen atoms in total. The molecule has 3 amide bonds. The molecule has 1 aliphatic carbocycles. The van der Waals surface area contributed by atoms with Gasteiger partial charge in [-0.3, -0.25) is 14.4 Å². The van der Waals surface area contributed by atoms with Crippen molar-refractivity contribution < 1.29 is 18.8 Å². The van der Waals surface area contributed by atoms with E-state index in [0.717, 1.165) is 18.4 Å². The highest BCUT2D eigenvalue weighted by molar-refractivity contribution is 5.97. The molecule has 2 fully saturated rings. The van der Waals surface area contributed by atoms with E-state index in [0.29, 0.717) is 37.9 Å². The molecular weight excluding hydrogens is 409 g/mol. The van der Waals surface area contributed by atoms with Gasteiger partial charge in [0.05, 0.1) is 6.42 Å². The van der Waals surface area contributed by atoms with Crippen LogP contribution < -0.4 is 10.6 Å². The van der Waals surface area contributed by atoms with Crippen molar-refractivity contribution in [2.45, 2.75) is 44.2 Å². The van der Waals surface area contributed by atoms with Gasteiger partial charge >= 0.3 is 0 Å². The highest BCUT2D eigenvalue weighted by Gasteiger charge is 2.36. The van der Waals surface area contributed by atoms with Crippen LogP contribution in [0.4, 0.5) is 4.39 Å². The SMILES string of the molecule is O=C(NC(C(=O)NC1CC1)C1CCN(C(=O)Cc2ccccc2)CC1)c1ccc(F)cc1. The van der Waals surface area contributed by atoms with Gasteiger partial charge in [0, 0.05) is 24.7 Å². The van der Waals surface area contributed by atoms with Crippen LogP contribution in [0.3, 0.4) is 0 Å². The van der Waals surface area contributed by atoms with Crippen molar-refractivity contribution in [2.24, 2.45) is 5.92 Å². The number of likely N-dealkylation sites (tertiary alicyclic amines) is 1. The zero-order valence-electron chi connectivity index (χ0n) is 17.9. The maximum atomic E-state index is 13.2. The molecule has 1 saturated heterocycles. The number of rotatable bonds is 7. The minimum atomic E-state index is -0.681. The molecule has 0 aromatic heterocycles. The lowest BCUT2D eigenvalue weighted by atomic mass is 9.88. The average Bonchev–Trinajstić information content (AvgIpc) is 3.62. The molecule has 168 valence electrons. The fourth-order valence-corrected chi connectivity index (χ4v) is 4.11. The van der Waals surface area contributed by atoms with Crippen molar-refractivity contribution >= 4 is 17.7 Å². The van der Waals surface area contributed by atoms with Gasteiger partial charge in [-0.05, 0) is 61.4 Å². The third-order valence-corrected chi connectivity index (χ3v) is 6.16. The molecule has 7 heteroatoms. The summed E-state index contributed by atoms with van der Waals surface area (Å²) in [4.78, 5) is 40.1. The van der Waals surface area contributed by atoms with Crippen LogP contribution in [0.2, 0.25) is 0 Å². The predicted molar refractivity (Wildman–Crippen MR) is 118 cm³/mol. The molecule has 2 N–H and O–H groups in total. The van der Waals surface area contributed by atoms with Crippen LogP contribution in [-0.2, 0) is 16.0 Å². The first-order chi connectivity index (χ1) is 15.5. The first-order valence-electron chi connectivity index (χ1n) is 11.2. The Morgan fingerprint density at radius 3 is 2.22 bits per heavy atom. The van der Waals surface area contributed by atoms with E-state index in [1.807, 2.05) is 35.2 Å². The van der Waals surface area contributed by atoms with Gasteiger partial charge in [-0.25, -0.2) is 4.39 Å². The van der Waals surface area contributed by atoms with E-state index in [9.17, 15) is 18.8 Å². The van der Waals surface area contributed by atoms with Crippen molar-refractivity contribution in [1.29, 1.82) is 0 Å². The monoisotopic (exact) mass is 437 g/mol. The van der Waals surface area contributed by atoms with Gasteiger partial charge in [-0.15, -0.1) is 0 Å². The lowest BCUT2D eigenvalue weighted by molar-refractivity contribution is -0.132. The van der Waals surface area contributed by atoms with Gasteiger partial charge in [0.2, 0.25) is 11.8 Å². The zero-order valence-corrected chi connectivity index (χ0v) is 17.9. The Hall–Kier alpha value is -3.22. The van der Waals surface area contributed by atoms with Crippen LogP contribution in [0.1, 0.15) is 41.6 Å². The molecule has 2 aromatic rings. The van der Waals surface area contributed by atoms with Crippen LogP contribution in [0, 0.1) is 11.7 Å². The lowest BCUT2D eigenvalue weighted by Crippen LogP contribution is -2.54. The van der Waals surface area contributed by atoms with Crippen molar-refractivity contribution in [3.05, 3.63) is 71.5 Å². The summed E-state index contributed by atoms with van der Waals surface area (Å²) in [5, 5.41) is 5.85. The molecule has 1 aliphatic heterocycles. The number of hydrogen-bond acceptors (Lipinski definition) is 3. The van der Waals surface area contributed by atoms with E-state index < -0.39 is 17.8 Å². The first-order valence-corrected chi connectivity index (χ1v) is 11.2. The Bertz CT molecular complexity index is 952. The molecule has 0 radical (unpaired) electrons. The summed E-state index contributed by atoms with van der Waals surface area (Å²) < 4.78 is 13.2. The number of nitrogens with zero attached hydrogens (tertiary/aromatic N) is 1. The van der Waals surface area contributed by atoms with Gasteiger partial charge in [-0.2, -0.15) is 0 Å². The van der Waals surface area contributed by atoms with Gasteiger partial charge < -0.3 is 15.5 Å². The van der Waals surface area contributed by atoms with Crippen LogP contribution in [-0.4, -0.2) is 47.8 Å². The van der Waals surface area contributed by atoms with Gasteiger partial charge in [0.15, 0.2) is 0 Å². The highest BCUT2D eigenvalue weighted by atomic mass is 19.1. The fraction of sp³-hybridized carbons (Fsp3) is 0.400. The predicted octanol–water partition coefficient (Wildman–Crippen LogP) is 2.68. The maximum absolute atomic E-state index is 13.2. The molecule has 1 heterocycles. The minimum absolute atomic E-state index is 0.0704. The Balaban J connectivity index is 1.38. The van der Waals surface area contributed by atoms with Crippen molar-refractivity contribution in [2.75, 3.05) is 13.1 Å². The molecule has 0 spiro atoms. The third-order valence-electron chi connectivity index (χ3n) is 6.16. The number of benzene rings is 2.